The molecule has 2 aromatic rings. The maximum atomic E-state index is 12.0. The Morgan fingerprint density at radius 1 is 1.17 bits per heavy atom. The average molecular weight is 473 g/mol. The zero-order valence-electron chi connectivity index (χ0n) is 15.6. The first-order valence-electron chi connectivity index (χ1n) is 8.43. The van der Waals surface area contributed by atoms with Crippen molar-refractivity contribution >= 4 is 45.0 Å². The van der Waals surface area contributed by atoms with Gasteiger partial charge < -0.3 is 23.9 Å². The molecular formula is C16H17BrN4O8. The highest BCUT2D eigenvalue weighted by atomic mass is 79.9. The zero-order valence-corrected chi connectivity index (χ0v) is 17.2. The van der Waals surface area contributed by atoms with Crippen LogP contribution in [0.1, 0.15) is 27.0 Å². The maximum Gasteiger partial charge on any atom is 0.303 e. The predicted octanol–water partition coefficient (Wildman–Crippen LogP) is 0.206. The van der Waals surface area contributed by atoms with Gasteiger partial charge in [0.2, 0.25) is 0 Å². The normalized spacial score (nSPS) is 23.7. The van der Waals surface area contributed by atoms with Crippen LogP contribution in [-0.2, 0) is 33.3 Å². The summed E-state index contributed by atoms with van der Waals surface area (Å²) in [5, 5.41) is 0. The van der Waals surface area contributed by atoms with E-state index in [2.05, 4.69) is 30.9 Å². The van der Waals surface area contributed by atoms with E-state index < -0.39 is 48.0 Å². The molecule has 12 nitrogen and oxygen atoms in total. The maximum absolute atomic E-state index is 12.0. The number of aromatic nitrogens is 4. The Balaban J connectivity index is 2.08. The summed E-state index contributed by atoms with van der Waals surface area (Å²) in [4.78, 5) is 57.2. The van der Waals surface area contributed by atoms with Gasteiger partial charge in [-0.2, -0.15) is 0 Å². The molecule has 29 heavy (non-hydrogen) atoms. The van der Waals surface area contributed by atoms with Gasteiger partial charge in [-0.25, -0.2) is 9.97 Å². The topological polar surface area (TPSA) is 152 Å². The van der Waals surface area contributed by atoms with Crippen LogP contribution in [0, 0.1) is 0 Å². The van der Waals surface area contributed by atoms with Crippen molar-refractivity contribution in [3.8, 4) is 0 Å². The number of nitrogens with zero attached hydrogens (tertiary/aromatic N) is 3. The molecule has 1 N–H and O–H groups in total. The second kappa shape index (κ2) is 8.29. The fraction of sp³-hybridized carbons (Fsp3) is 0.500. The van der Waals surface area contributed by atoms with E-state index in [0.29, 0.717) is 0 Å². The standard InChI is InChI=1S/C16H17BrN4O8/c1-6(22)26-4-9-11(27-7(2)23)12(28-8(3)24)15(29-9)21-13-10(20-16(21)17)14(25)19-5-18-13/h5,9,11-12,15H,4H2,1-3H3,(H,18,19,25). The van der Waals surface area contributed by atoms with Crippen molar-refractivity contribution in [1.82, 2.24) is 19.5 Å². The fourth-order valence-electron chi connectivity index (χ4n) is 3.02. The van der Waals surface area contributed by atoms with Crippen molar-refractivity contribution in [1.29, 1.82) is 0 Å². The van der Waals surface area contributed by atoms with Gasteiger partial charge in [0.1, 0.15) is 12.7 Å². The van der Waals surface area contributed by atoms with Crippen LogP contribution in [-0.4, -0.2) is 62.3 Å². The summed E-state index contributed by atoms with van der Waals surface area (Å²) in [7, 11) is 0. The Morgan fingerprint density at radius 3 is 2.45 bits per heavy atom. The van der Waals surface area contributed by atoms with E-state index in [0.717, 1.165) is 0 Å². The first kappa shape index (κ1) is 20.9. The molecule has 4 atom stereocenters. The van der Waals surface area contributed by atoms with Crippen molar-refractivity contribution in [2.24, 2.45) is 0 Å². The summed E-state index contributed by atoms with van der Waals surface area (Å²) in [5.74, 6) is -1.86. The predicted molar refractivity (Wildman–Crippen MR) is 97.5 cm³/mol. The highest BCUT2D eigenvalue weighted by Crippen LogP contribution is 2.37. The van der Waals surface area contributed by atoms with Crippen molar-refractivity contribution in [2.75, 3.05) is 6.61 Å². The molecule has 1 aliphatic heterocycles. The molecule has 0 saturated carbocycles. The van der Waals surface area contributed by atoms with Crippen LogP contribution >= 0.6 is 15.9 Å². The summed E-state index contributed by atoms with van der Waals surface area (Å²) < 4.78 is 23.1. The lowest BCUT2D eigenvalue weighted by molar-refractivity contribution is -0.166. The monoisotopic (exact) mass is 472 g/mol. The van der Waals surface area contributed by atoms with Crippen molar-refractivity contribution in [3.05, 3.63) is 21.4 Å². The second-order valence-electron chi connectivity index (χ2n) is 6.17. The summed E-state index contributed by atoms with van der Waals surface area (Å²) in [6.07, 6.45) is -3.02. The third-order valence-electron chi connectivity index (χ3n) is 4.04. The van der Waals surface area contributed by atoms with Gasteiger partial charge in [0.15, 0.2) is 34.3 Å². The number of esters is 3. The summed E-state index contributed by atoms with van der Waals surface area (Å²) in [6.45, 7) is 3.34. The van der Waals surface area contributed by atoms with E-state index in [-0.39, 0.29) is 22.5 Å². The number of ether oxygens (including phenoxy) is 4. The Kier molecular flexibility index (Phi) is 5.98. The minimum Gasteiger partial charge on any atom is -0.463 e. The van der Waals surface area contributed by atoms with Gasteiger partial charge in [-0.05, 0) is 15.9 Å². The van der Waals surface area contributed by atoms with Crippen LogP contribution in [0.4, 0.5) is 0 Å². The van der Waals surface area contributed by atoms with Crippen LogP contribution in [0.3, 0.4) is 0 Å². The number of hydrogen-bond acceptors (Lipinski definition) is 10. The summed E-state index contributed by atoms with van der Waals surface area (Å²) in [6, 6.07) is 0. The molecule has 0 spiro atoms. The van der Waals surface area contributed by atoms with Crippen LogP contribution in [0.2, 0.25) is 0 Å². The molecule has 3 rings (SSSR count). The summed E-state index contributed by atoms with van der Waals surface area (Å²) >= 11 is 3.25. The van der Waals surface area contributed by atoms with Gasteiger partial charge in [0.05, 0.1) is 6.33 Å². The molecule has 3 heterocycles. The smallest absolute Gasteiger partial charge is 0.303 e. The second-order valence-corrected chi connectivity index (χ2v) is 6.88. The molecule has 1 fully saturated rings. The zero-order chi connectivity index (χ0) is 21.3. The summed E-state index contributed by atoms with van der Waals surface area (Å²) in [5.41, 5.74) is -0.306. The molecule has 0 amide bonds. The first-order valence-corrected chi connectivity index (χ1v) is 9.22. The molecule has 0 aliphatic carbocycles. The SMILES string of the molecule is CC(=O)OCC1OC(n2c(Br)nc3c(=O)[nH]cnc32)C(OC(C)=O)C1OC(C)=O. The van der Waals surface area contributed by atoms with Crippen LogP contribution < -0.4 is 5.56 Å². The average Bonchev–Trinajstić information content (AvgIpc) is 3.11. The number of H-pyrrole nitrogens is 1. The lowest BCUT2D eigenvalue weighted by Crippen LogP contribution is -2.40. The lowest BCUT2D eigenvalue weighted by atomic mass is 10.1. The number of imidazole rings is 1. The number of aromatic amines is 1. The van der Waals surface area contributed by atoms with Crippen molar-refractivity contribution < 1.29 is 33.3 Å². The molecule has 1 aliphatic rings. The largest absolute Gasteiger partial charge is 0.463 e. The Labute approximate surface area is 171 Å². The van der Waals surface area contributed by atoms with Gasteiger partial charge in [-0.15, -0.1) is 0 Å². The van der Waals surface area contributed by atoms with Crippen LogP contribution in [0.15, 0.2) is 15.9 Å². The molecule has 4 unspecified atom stereocenters. The lowest BCUT2D eigenvalue weighted by Gasteiger charge is -2.24. The van der Waals surface area contributed by atoms with E-state index in [1.54, 1.807) is 0 Å². The Morgan fingerprint density at radius 2 is 1.83 bits per heavy atom. The molecule has 13 heteroatoms. The Bertz CT molecular complexity index is 1020. The van der Waals surface area contributed by atoms with Gasteiger partial charge in [-0.1, -0.05) is 0 Å². The molecule has 0 bridgehead atoms. The van der Waals surface area contributed by atoms with Gasteiger partial charge in [0, 0.05) is 20.8 Å². The highest BCUT2D eigenvalue weighted by molar-refractivity contribution is 9.10. The number of fused-ring (bicyclic) bond motifs is 1. The van der Waals surface area contributed by atoms with E-state index in [4.69, 9.17) is 18.9 Å². The minimum absolute atomic E-state index is 0.0250. The van der Waals surface area contributed by atoms with E-state index in [1.165, 1.54) is 31.7 Å². The van der Waals surface area contributed by atoms with E-state index in [1.807, 2.05) is 0 Å². The minimum atomic E-state index is -1.12. The van der Waals surface area contributed by atoms with Gasteiger partial charge >= 0.3 is 17.9 Å². The third-order valence-corrected chi connectivity index (χ3v) is 4.59. The number of nitrogens with one attached hydrogen (secondary N) is 1. The molecular weight excluding hydrogens is 456 g/mol. The highest BCUT2D eigenvalue weighted by Gasteiger charge is 2.51. The molecule has 0 radical (unpaired) electrons. The van der Waals surface area contributed by atoms with Crippen LogP contribution in [0.5, 0.6) is 0 Å². The molecule has 2 aromatic heterocycles. The fourth-order valence-corrected chi connectivity index (χ4v) is 3.57. The number of halogens is 1. The molecule has 156 valence electrons. The van der Waals surface area contributed by atoms with E-state index >= 15 is 0 Å². The van der Waals surface area contributed by atoms with Gasteiger partial charge in [0.25, 0.3) is 5.56 Å². The molecule has 0 aromatic carbocycles. The molecule has 1 saturated heterocycles. The first-order chi connectivity index (χ1) is 13.7. The number of carbonyl (C=O) groups is 3. The number of hydrogen-bond donors (Lipinski definition) is 1. The number of carbonyl (C=O) groups excluding carboxylic acids is 3. The van der Waals surface area contributed by atoms with E-state index in [9.17, 15) is 19.2 Å². The Hall–Kier alpha value is -2.80. The van der Waals surface area contributed by atoms with Crippen LogP contribution in [0.25, 0.3) is 11.2 Å². The third kappa shape index (κ3) is 4.29. The van der Waals surface area contributed by atoms with Crippen molar-refractivity contribution in [2.45, 2.75) is 45.3 Å². The quantitative estimate of drug-likeness (QED) is 0.362. The number of rotatable bonds is 5. The van der Waals surface area contributed by atoms with Gasteiger partial charge in [-0.3, -0.25) is 23.7 Å². The van der Waals surface area contributed by atoms with Crippen molar-refractivity contribution in [3.63, 3.8) is 0 Å².